The summed E-state index contributed by atoms with van der Waals surface area (Å²) in [6, 6.07) is 10.0. The minimum atomic E-state index is -0.388. The molecule has 9 heteroatoms. The van der Waals surface area contributed by atoms with Gasteiger partial charge in [-0.15, -0.1) is 0 Å². The maximum Gasteiger partial charge on any atom is 0.258 e. The highest BCUT2D eigenvalue weighted by Crippen LogP contribution is 2.16. The van der Waals surface area contributed by atoms with Gasteiger partial charge in [0.15, 0.2) is 0 Å². The number of fused-ring (bicyclic) bond motifs is 2. The highest BCUT2D eigenvalue weighted by atomic mass is 19.1. The number of halogens is 1. The van der Waals surface area contributed by atoms with Crippen molar-refractivity contribution in [3.8, 4) is 0 Å². The van der Waals surface area contributed by atoms with Gasteiger partial charge in [-0.05, 0) is 49.7 Å². The number of nitrogens with one attached hydrogen (secondary N) is 4. The van der Waals surface area contributed by atoms with Crippen molar-refractivity contribution in [3.05, 3.63) is 75.6 Å². The number of benzene rings is 2. The fraction of sp³-hybridized carbons (Fsp3) is 0.238. The SMILES string of the molecule is O=c1[nH]cnc2cc(F)ccc12.O=c1[nH]cnc2cc(NC3CCCNC3)ccc12. The molecule has 0 bridgehead atoms. The first-order valence-corrected chi connectivity index (χ1v) is 9.68. The Morgan fingerprint density at radius 3 is 2.27 bits per heavy atom. The minimum Gasteiger partial charge on any atom is -0.381 e. The molecule has 0 radical (unpaired) electrons. The summed E-state index contributed by atoms with van der Waals surface area (Å²) in [4.78, 5) is 35.6. The second kappa shape index (κ2) is 8.83. The minimum absolute atomic E-state index is 0.0918. The lowest BCUT2D eigenvalue weighted by Gasteiger charge is -2.24. The molecule has 1 aliphatic heterocycles. The van der Waals surface area contributed by atoms with Crippen molar-refractivity contribution in [1.82, 2.24) is 25.3 Å². The Morgan fingerprint density at radius 2 is 1.60 bits per heavy atom. The van der Waals surface area contributed by atoms with E-state index < -0.39 is 0 Å². The van der Waals surface area contributed by atoms with Gasteiger partial charge in [-0.25, -0.2) is 14.4 Å². The molecule has 2 aromatic heterocycles. The van der Waals surface area contributed by atoms with Crippen LogP contribution in [0, 0.1) is 5.82 Å². The van der Waals surface area contributed by atoms with Gasteiger partial charge in [-0.2, -0.15) is 0 Å². The number of nitrogens with zero attached hydrogens (tertiary/aromatic N) is 2. The lowest BCUT2D eigenvalue weighted by atomic mass is 10.1. The van der Waals surface area contributed by atoms with E-state index in [2.05, 4.69) is 30.6 Å². The quantitative estimate of drug-likeness (QED) is 0.404. The summed E-state index contributed by atoms with van der Waals surface area (Å²) < 4.78 is 12.6. The molecule has 1 unspecified atom stereocenters. The van der Waals surface area contributed by atoms with Crippen LogP contribution in [0.3, 0.4) is 0 Å². The van der Waals surface area contributed by atoms with E-state index in [0.717, 1.165) is 24.3 Å². The summed E-state index contributed by atoms with van der Waals surface area (Å²) >= 11 is 0. The molecule has 2 aromatic carbocycles. The van der Waals surface area contributed by atoms with Gasteiger partial charge in [-0.1, -0.05) is 0 Å². The van der Waals surface area contributed by atoms with Crippen LogP contribution < -0.4 is 21.8 Å². The van der Waals surface area contributed by atoms with E-state index >= 15 is 0 Å². The highest BCUT2D eigenvalue weighted by molar-refractivity contribution is 5.81. The zero-order valence-electron chi connectivity index (χ0n) is 16.1. The Bertz CT molecular complexity index is 1280. The number of piperidine rings is 1. The van der Waals surface area contributed by atoms with Crippen LogP contribution in [0.25, 0.3) is 21.8 Å². The molecule has 4 N–H and O–H groups in total. The van der Waals surface area contributed by atoms with Gasteiger partial charge in [0, 0.05) is 24.3 Å². The van der Waals surface area contributed by atoms with Gasteiger partial charge in [0.25, 0.3) is 11.1 Å². The van der Waals surface area contributed by atoms with Crippen molar-refractivity contribution < 1.29 is 4.39 Å². The molecule has 1 aliphatic rings. The number of rotatable bonds is 2. The lowest BCUT2D eigenvalue weighted by molar-refractivity contribution is 0.480. The topological polar surface area (TPSA) is 116 Å². The number of aromatic nitrogens is 4. The van der Waals surface area contributed by atoms with Crippen LogP contribution in [0.2, 0.25) is 0 Å². The molecule has 1 fully saturated rings. The van der Waals surface area contributed by atoms with Crippen LogP contribution >= 0.6 is 0 Å². The number of H-pyrrole nitrogens is 2. The molecule has 0 aliphatic carbocycles. The maximum atomic E-state index is 12.6. The number of aromatic amines is 2. The van der Waals surface area contributed by atoms with E-state index in [9.17, 15) is 14.0 Å². The van der Waals surface area contributed by atoms with Crippen LogP contribution in [-0.2, 0) is 0 Å². The van der Waals surface area contributed by atoms with Crippen molar-refractivity contribution in [2.45, 2.75) is 18.9 Å². The zero-order valence-corrected chi connectivity index (χ0v) is 16.1. The number of hydrogen-bond donors (Lipinski definition) is 4. The van der Waals surface area contributed by atoms with Gasteiger partial charge in [0.05, 0.1) is 34.5 Å². The van der Waals surface area contributed by atoms with Crippen molar-refractivity contribution in [2.75, 3.05) is 18.4 Å². The van der Waals surface area contributed by atoms with Gasteiger partial charge in [0.1, 0.15) is 5.82 Å². The maximum absolute atomic E-state index is 12.6. The molecule has 154 valence electrons. The molecule has 1 atom stereocenters. The first-order chi connectivity index (χ1) is 14.6. The summed E-state index contributed by atoms with van der Waals surface area (Å²) in [5.74, 6) is -0.388. The average molecular weight is 408 g/mol. The van der Waals surface area contributed by atoms with Crippen molar-refractivity contribution in [3.63, 3.8) is 0 Å². The molecule has 0 spiro atoms. The first kappa shape index (κ1) is 19.7. The molecule has 0 saturated carbocycles. The van der Waals surface area contributed by atoms with E-state index in [1.165, 1.54) is 43.7 Å². The molecule has 5 rings (SSSR count). The standard InChI is InChI=1S/C13H16N4O.C8H5FN2O/c18-13-11-4-3-9(6-12(11)15-8-16-13)17-10-2-1-5-14-7-10;9-5-1-2-6-7(3-5)10-4-11-8(6)12/h3-4,6,8,10,14,17H,1-2,5,7H2,(H,15,16,18);1-4H,(H,10,11,12). The molecule has 1 saturated heterocycles. The van der Waals surface area contributed by atoms with Gasteiger partial charge < -0.3 is 20.6 Å². The Morgan fingerprint density at radius 1 is 0.933 bits per heavy atom. The summed E-state index contributed by atoms with van der Waals surface area (Å²) in [5, 5.41) is 7.88. The van der Waals surface area contributed by atoms with Crippen LogP contribution in [0.15, 0.2) is 58.6 Å². The van der Waals surface area contributed by atoms with Crippen LogP contribution in [0.1, 0.15) is 12.8 Å². The van der Waals surface area contributed by atoms with Crippen LogP contribution in [-0.4, -0.2) is 39.1 Å². The smallest absolute Gasteiger partial charge is 0.258 e. The lowest BCUT2D eigenvalue weighted by Crippen LogP contribution is -2.38. The first-order valence-electron chi connectivity index (χ1n) is 9.68. The van der Waals surface area contributed by atoms with Crippen molar-refractivity contribution in [1.29, 1.82) is 0 Å². The fourth-order valence-electron chi connectivity index (χ4n) is 3.41. The van der Waals surface area contributed by atoms with E-state index in [1.54, 1.807) is 0 Å². The van der Waals surface area contributed by atoms with Gasteiger partial charge in [-0.3, -0.25) is 9.59 Å². The zero-order chi connectivity index (χ0) is 20.9. The summed E-state index contributed by atoms with van der Waals surface area (Å²) in [6.07, 6.45) is 5.07. The van der Waals surface area contributed by atoms with Gasteiger partial charge >= 0.3 is 0 Å². The average Bonchev–Trinajstić information content (AvgIpc) is 2.75. The second-order valence-electron chi connectivity index (χ2n) is 7.04. The Balaban J connectivity index is 0.000000158. The molecule has 8 nitrogen and oxygen atoms in total. The van der Waals surface area contributed by atoms with E-state index in [0.29, 0.717) is 22.3 Å². The van der Waals surface area contributed by atoms with Crippen molar-refractivity contribution >= 4 is 27.5 Å². The van der Waals surface area contributed by atoms with Crippen molar-refractivity contribution in [2.24, 2.45) is 0 Å². The van der Waals surface area contributed by atoms with E-state index in [-0.39, 0.29) is 16.9 Å². The number of hydrogen-bond acceptors (Lipinski definition) is 6. The van der Waals surface area contributed by atoms with Crippen LogP contribution in [0.4, 0.5) is 10.1 Å². The Kier molecular flexibility index (Phi) is 5.80. The Hall–Kier alpha value is -3.59. The third-order valence-electron chi connectivity index (χ3n) is 4.91. The normalized spacial score (nSPS) is 16.1. The number of anilines is 1. The fourth-order valence-corrected chi connectivity index (χ4v) is 3.41. The monoisotopic (exact) mass is 408 g/mol. The largest absolute Gasteiger partial charge is 0.381 e. The summed E-state index contributed by atoms with van der Waals surface area (Å²) in [6.45, 7) is 2.09. The van der Waals surface area contributed by atoms with E-state index in [1.807, 2.05) is 18.2 Å². The highest BCUT2D eigenvalue weighted by Gasteiger charge is 2.12. The third-order valence-corrected chi connectivity index (χ3v) is 4.91. The Labute approximate surface area is 170 Å². The predicted molar refractivity (Wildman–Crippen MR) is 114 cm³/mol. The summed E-state index contributed by atoms with van der Waals surface area (Å²) in [7, 11) is 0. The summed E-state index contributed by atoms with van der Waals surface area (Å²) in [5.41, 5.74) is 1.78. The second-order valence-corrected chi connectivity index (χ2v) is 7.04. The molecular formula is C21H21FN6O2. The molecule has 30 heavy (non-hydrogen) atoms. The molecule has 4 aromatic rings. The van der Waals surface area contributed by atoms with Crippen LogP contribution in [0.5, 0.6) is 0 Å². The van der Waals surface area contributed by atoms with Gasteiger partial charge in [0.2, 0.25) is 0 Å². The predicted octanol–water partition coefficient (Wildman–Crippen LogP) is 2.15. The molecular weight excluding hydrogens is 387 g/mol. The third kappa shape index (κ3) is 4.52. The molecule has 3 heterocycles. The van der Waals surface area contributed by atoms with E-state index in [4.69, 9.17) is 0 Å². The molecule has 0 amide bonds.